The highest BCUT2D eigenvalue weighted by molar-refractivity contribution is 9.10. The number of benzene rings is 1. The Kier molecular flexibility index (Phi) is 4.40. The fourth-order valence-corrected chi connectivity index (χ4v) is 2.44. The predicted molar refractivity (Wildman–Crippen MR) is 72.2 cm³/mol. The summed E-state index contributed by atoms with van der Waals surface area (Å²) in [5.41, 5.74) is 2.12. The second kappa shape index (κ2) is 5.85. The summed E-state index contributed by atoms with van der Waals surface area (Å²) in [6, 6.07) is 5.88. The summed E-state index contributed by atoms with van der Waals surface area (Å²) >= 11 is 3.46. The minimum Gasteiger partial charge on any atom is -0.459 e. The standard InChI is InChI=1S/C14H17BrO3/c1-9-6-7-17-13(9)14(16)18-8-11-4-3-5-12(15)10(11)2/h3-5,9,13H,6-8H2,1-2H3/t9-,13+/m0/s1. The fourth-order valence-electron chi connectivity index (χ4n) is 2.04. The maximum Gasteiger partial charge on any atom is 0.335 e. The molecule has 0 spiro atoms. The summed E-state index contributed by atoms with van der Waals surface area (Å²) in [6.45, 7) is 4.97. The molecule has 1 aromatic carbocycles. The van der Waals surface area contributed by atoms with Crippen molar-refractivity contribution in [3.63, 3.8) is 0 Å². The van der Waals surface area contributed by atoms with Gasteiger partial charge in [0.1, 0.15) is 6.61 Å². The van der Waals surface area contributed by atoms with Crippen LogP contribution < -0.4 is 0 Å². The molecule has 1 heterocycles. The Bertz CT molecular complexity index is 445. The van der Waals surface area contributed by atoms with E-state index in [-0.39, 0.29) is 11.9 Å². The van der Waals surface area contributed by atoms with Crippen LogP contribution in [0.2, 0.25) is 0 Å². The van der Waals surface area contributed by atoms with Gasteiger partial charge in [0.15, 0.2) is 6.10 Å². The molecule has 0 N–H and O–H groups in total. The molecule has 1 saturated heterocycles. The molecule has 0 aliphatic carbocycles. The van der Waals surface area contributed by atoms with E-state index in [1.54, 1.807) is 0 Å². The molecule has 0 amide bonds. The molecule has 1 aromatic rings. The van der Waals surface area contributed by atoms with Crippen LogP contribution in [0, 0.1) is 12.8 Å². The van der Waals surface area contributed by atoms with Gasteiger partial charge in [-0.3, -0.25) is 0 Å². The number of carbonyl (C=O) groups excluding carboxylic acids is 1. The Morgan fingerprint density at radius 2 is 2.33 bits per heavy atom. The van der Waals surface area contributed by atoms with Gasteiger partial charge in [-0.2, -0.15) is 0 Å². The van der Waals surface area contributed by atoms with Crippen molar-refractivity contribution in [2.75, 3.05) is 6.61 Å². The molecule has 2 rings (SSSR count). The first-order chi connectivity index (χ1) is 8.59. The molecule has 1 aliphatic rings. The zero-order valence-electron chi connectivity index (χ0n) is 10.6. The summed E-state index contributed by atoms with van der Waals surface area (Å²) in [7, 11) is 0. The van der Waals surface area contributed by atoms with E-state index in [1.165, 1.54) is 0 Å². The second-order valence-electron chi connectivity index (χ2n) is 4.69. The van der Waals surface area contributed by atoms with Gasteiger partial charge in [-0.05, 0) is 36.5 Å². The summed E-state index contributed by atoms with van der Waals surface area (Å²) in [4.78, 5) is 11.9. The lowest BCUT2D eigenvalue weighted by Crippen LogP contribution is -2.27. The summed E-state index contributed by atoms with van der Waals surface area (Å²) in [6.07, 6.45) is 0.535. The summed E-state index contributed by atoms with van der Waals surface area (Å²) < 4.78 is 11.7. The van der Waals surface area contributed by atoms with Crippen molar-refractivity contribution < 1.29 is 14.3 Å². The van der Waals surface area contributed by atoms with Crippen LogP contribution in [0.3, 0.4) is 0 Å². The number of rotatable bonds is 3. The monoisotopic (exact) mass is 312 g/mol. The maximum absolute atomic E-state index is 11.9. The van der Waals surface area contributed by atoms with Crippen molar-refractivity contribution in [3.05, 3.63) is 33.8 Å². The Hall–Kier alpha value is -0.870. The number of carbonyl (C=O) groups is 1. The SMILES string of the molecule is Cc1c(Br)cccc1COC(=O)[C@@H]1OCC[C@@H]1C. The first-order valence-corrected chi connectivity index (χ1v) is 6.91. The minimum absolute atomic E-state index is 0.251. The van der Waals surface area contributed by atoms with Crippen LogP contribution in [0.4, 0.5) is 0 Å². The highest BCUT2D eigenvalue weighted by Crippen LogP contribution is 2.23. The number of halogens is 1. The molecular weight excluding hydrogens is 296 g/mol. The molecule has 2 atom stereocenters. The highest BCUT2D eigenvalue weighted by Gasteiger charge is 2.32. The van der Waals surface area contributed by atoms with Crippen molar-refractivity contribution in [2.24, 2.45) is 5.92 Å². The van der Waals surface area contributed by atoms with E-state index < -0.39 is 6.10 Å². The number of hydrogen-bond acceptors (Lipinski definition) is 3. The van der Waals surface area contributed by atoms with Crippen molar-refractivity contribution in [3.8, 4) is 0 Å². The molecule has 0 radical (unpaired) electrons. The average Bonchev–Trinajstić information content (AvgIpc) is 2.77. The molecule has 1 aliphatic heterocycles. The topological polar surface area (TPSA) is 35.5 Å². The first-order valence-electron chi connectivity index (χ1n) is 6.12. The summed E-state index contributed by atoms with van der Waals surface area (Å²) in [5.74, 6) is 0.000446. The van der Waals surface area contributed by atoms with Gasteiger partial charge >= 0.3 is 5.97 Å². The molecule has 18 heavy (non-hydrogen) atoms. The molecule has 0 unspecified atom stereocenters. The van der Waals surface area contributed by atoms with Gasteiger partial charge in [0.2, 0.25) is 0 Å². The Morgan fingerprint density at radius 1 is 1.56 bits per heavy atom. The minimum atomic E-state index is -0.391. The highest BCUT2D eigenvalue weighted by atomic mass is 79.9. The lowest BCUT2D eigenvalue weighted by Gasteiger charge is -2.14. The fraction of sp³-hybridized carbons (Fsp3) is 0.500. The zero-order valence-corrected chi connectivity index (χ0v) is 12.2. The van der Waals surface area contributed by atoms with Gasteiger partial charge in [-0.25, -0.2) is 4.79 Å². The van der Waals surface area contributed by atoms with Gasteiger partial charge in [0.05, 0.1) is 0 Å². The van der Waals surface area contributed by atoms with E-state index in [9.17, 15) is 4.79 Å². The predicted octanol–water partition coefficient (Wildman–Crippen LogP) is 3.23. The van der Waals surface area contributed by atoms with Crippen molar-refractivity contribution in [1.82, 2.24) is 0 Å². The van der Waals surface area contributed by atoms with Gasteiger partial charge in [0, 0.05) is 11.1 Å². The van der Waals surface area contributed by atoms with Gasteiger partial charge in [-0.1, -0.05) is 35.0 Å². The van der Waals surface area contributed by atoms with Crippen LogP contribution in [0.15, 0.2) is 22.7 Å². The quantitative estimate of drug-likeness (QED) is 0.804. The van der Waals surface area contributed by atoms with Crippen LogP contribution >= 0.6 is 15.9 Å². The number of hydrogen-bond donors (Lipinski definition) is 0. The van der Waals surface area contributed by atoms with Crippen LogP contribution in [-0.4, -0.2) is 18.7 Å². The molecule has 1 fully saturated rings. The summed E-state index contributed by atoms with van der Waals surface area (Å²) in [5, 5.41) is 0. The van der Waals surface area contributed by atoms with E-state index in [1.807, 2.05) is 32.0 Å². The molecule has 98 valence electrons. The van der Waals surface area contributed by atoms with Crippen LogP contribution in [0.5, 0.6) is 0 Å². The third-order valence-electron chi connectivity index (χ3n) is 3.37. The molecule has 3 nitrogen and oxygen atoms in total. The second-order valence-corrected chi connectivity index (χ2v) is 5.54. The van der Waals surface area contributed by atoms with E-state index in [0.29, 0.717) is 13.2 Å². The van der Waals surface area contributed by atoms with Crippen molar-refractivity contribution in [1.29, 1.82) is 0 Å². The Morgan fingerprint density at radius 3 is 3.00 bits per heavy atom. The smallest absolute Gasteiger partial charge is 0.335 e. The van der Waals surface area contributed by atoms with E-state index in [4.69, 9.17) is 9.47 Å². The molecular formula is C14H17BrO3. The van der Waals surface area contributed by atoms with Crippen molar-refractivity contribution >= 4 is 21.9 Å². The van der Waals surface area contributed by atoms with Gasteiger partial charge in [-0.15, -0.1) is 0 Å². The number of ether oxygens (including phenoxy) is 2. The third kappa shape index (κ3) is 2.93. The van der Waals surface area contributed by atoms with E-state index in [0.717, 1.165) is 22.0 Å². The normalized spacial score (nSPS) is 23.1. The van der Waals surface area contributed by atoms with Crippen LogP contribution in [0.1, 0.15) is 24.5 Å². The molecule has 0 aromatic heterocycles. The lowest BCUT2D eigenvalue weighted by atomic mass is 10.0. The third-order valence-corrected chi connectivity index (χ3v) is 4.23. The molecule has 0 bridgehead atoms. The first kappa shape index (κ1) is 13.6. The van der Waals surface area contributed by atoms with Gasteiger partial charge in [0.25, 0.3) is 0 Å². The zero-order chi connectivity index (χ0) is 13.1. The lowest BCUT2D eigenvalue weighted by molar-refractivity contribution is -0.157. The molecule has 4 heteroatoms. The van der Waals surface area contributed by atoms with Crippen molar-refractivity contribution in [2.45, 2.75) is 33.0 Å². The van der Waals surface area contributed by atoms with E-state index >= 15 is 0 Å². The Labute approximate surface area is 116 Å². The number of esters is 1. The van der Waals surface area contributed by atoms with Gasteiger partial charge < -0.3 is 9.47 Å². The van der Waals surface area contributed by atoms with Crippen LogP contribution in [0.25, 0.3) is 0 Å². The average molecular weight is 313 g/mol. The maximum atomic E-state index is 11.9. The van der Waals surface area contributed by atoms with E-state index in [2.05, 4.69) is 15.9 Å². The molecule has 0 saturated carbocycles. The van der Waals surface area contributed by atoms with Crippen LogP contribution in [-0.2, 0) is 20.9 Å². The largest absolute Gasteiger partial charge is 0.459 e. The Balaban J connectivity index is 1.95.